The van der Waals surface area contributed by atoms with Crippen LogP contribution in [-0.4, -0.2) is 35.0 Å². The highest BCUT2D eigenvalue weighted by Crippen LogP contribution is 2.66. The van der Waals surface area contributed by atoms with Gasteiger partial charge >= 0.3 is 12.1 Å². The Morgan fingerprint density at radius 3 is 2.30 bits per heavy atom. The van der Waals surface area contributed by atoms with Crippen molar-refractivity contribution in [2.24, 2.45) is 16.7 Å². The summed E-state index contributed by atoms with van der Waals surface area (Å²) in [5, 5.41) is 13.5. The van der Waals surface area contributed by atoms with Crippen LogP contribution < -0.4 is 5.32 Å². The zero-order valence-electron chi connectivity index (χ0n) is 18.9. The zero-order valence-corrected chi connectivity index (χ0v) is 18.9. The highest BCUT2D eigenvalue weighted by atomic mass is 16.6. The minimum Gasteiger partial charge on any atom is -0.460 e. The minimum absolute atomic E-state index is 0.0937. The van der Waals surface area contributed by atoms with Gasteiger partial charge in [0.15, 0.2) is 6.10 Å². The average Bonchev–Trinajstić information content (AvgIpc) is 2.98. The molecule has 2 unspecified atom stereocenters. The van der Waals surface area contributed by atoms with Crippen LogP contribution in [0.3, 0.4) is 0 Å². The Morgan fingerprint density at radius 2 is 1.80 bits per heavy atom. The van der Waals surface area contributed by atoms with Crippen LogP contribution in [0.2, 0.25) is 0 Å². The molecule has 2 bridgehead atoms. The fraction of sp³-hybridized carbons (Fsp3) is 0.667. The Hall–Kier alpha value is -2.08. The van der Waals surface area contributed by atoms with Gasteiger partial charge in [-0.25, -0.2) is 9.59 Å². The highest BCUT2D eigenvalue weighted by molar-refractivity contribution is 5.78. The van der Waals surface area contributed by atoms with Gasteiger partial charge in [-0.15, -0.1) is 0 Å². The number of nitrogens with one attached hydrogen (secondary N) is 1. The quantitative estimate of drug-likeness (QED) is 0.695. The maximum atomic E-state index is 12.9. The number of amides is 1. The lowest BCUT2D eigenvalue weighted by Crippen LogP contribution is -2.45. The molecule has 2 fully saturated rings. The molecule has 0 radical (unpaired) electrons. The van der Waals surface area contributed by atoms with Crippen molar-refractivity contribution in [1.29, 1.82) is 0 Å². The lowest BCUT2D eigenvalue weighted by atomic mass is 9.70. The Labute approximate surface area is 179 Å². The van der Waals surface area contributed by atoms with Crippen molar-refractivity contribution >= 4 is 12.1 Å². The molecule has 30 heavy (non-hydrogen) atoms. The number of alkyl carbamates (subject to hydrolysis) is 1. The third kappa shape index (κ3) is 4.20. The average molecular weight is 418 g/mol. The summed E-state index contributed by atoms with van der Waals surface area (Å²) in [4.78, 5) is 25.3. The number of rotatable bonds is 5. The normalized spacial score (nSPS) is 29.2. The van der Waals surface area contributed by atoms with Gasteiger partial charge in [0.05, 0.1) is 6.04 Å². The number of hydrogen-bond acceptors (Lipinski definition) is 5. The van der Waals surface area contributed by atoms with Crippen LogP contribution in [0.15, 0.2) is 30.3 Å². The molecule has 5 atom stereocenters. The summed E-state index contributed by atoms with van der Waals surface area (Å²) < 4.78 is 11.2. The molecule has 1 aromatic carbocycles. The first-order chi connectivity index (χ1) is 13.8. The Kier molecular flexibility index (Phi) is 5.93. The summed E-state index contributed by atoms with van der Waals surface area (Å²) in [6, 6.07) is 7.94. The van der Waals surface area contributed by atoms with Gasteiger partial charge in [-0.3, -0.25) is 0 Å². The van der Waals surface area contributed by atoms with Crippen molar-refractivity contribution in [2.75, 3.05) is 0 Å². The van der Waals surface area contributed by atoms with E-state index in [9.17, 15) is 14.7 Å². The molecule has 6 nitrogen and oxygen atoms in total. The Balaban J connectivity index is 1.75. The summed E-state index contributed by atoms with van der Waals surface area (Å²) in [5.74, 6) is -0.197. The lowest BCUT2D eigenvalue weighted by Gasteiger charge is -2.39. The molecule has 2 aliphatic carbocycles. The van der Waals surface area contributed by atoms with Crippen LogP contribution in [0.5, 0.6) is 0 Å². The van der Waals surface area contributed by atoms with Gasteiger partial charge in [-0.1, -0.05) is 51.1 Å². The van der Waals surface area contributed by atoms with Crippen LogP contribution in [0.25, 0.3) is 0 Å². The standard InChI is InChI=1S/C24H35NO5/c1-22(2,3)30-21(28)25-18(15-10-8-7-9-11-15)19(26)20(27)29-17-14-16-12-13-24(17,6)23(16,4)5/h7-11,16-19,26H,12-14H2,1-6H3,(H,25,28)/t16?,17-,18+,19-,24?/m1/s1. The van der Waals surface area contributed by atoms with Crippen LogP contribution in [-0.2, 0) is 14.3 Å². The smallest absolute Gasteiger partial charge is 0.408 e. The predicted octanol–water partition coefficient (Wildman–Crippen LogP) is 4.37. The molecule has 0 heterocycles. The summed E-state index contributed by atoms with van der Waals surface area (Å²) in [7, 11) is 0. The molecule has 1 aromatic rings. The molecule has 2 N–H and O–H groups in total. The predicted molar refractivity (Wildman–Crippen MR) is 114 cm³/mol. The monoisotopic (exact) mass is 417 g/mol. The number of fused-ring (bicyclic) bond motifs is 2. The molecule has 0 saturated heterocycles. The Bertz CT molecular complexity index is 785. The zero-order chi connectivity index (χ0) is 22.3. The first-order valence-corrected chi connectivity index (χ1v) is 10.8. The number of carbonyl (C=O) groups is 2. The van der Waals surface area contributed by atoms with E-state index in [0.717, 1.165) is 19.3 Å². The third-order valence-electron chi connectivity index (χ3n) is 7.36. The summed E-state index contributed by atoms with van der Waals surface area (Å²) >= 11 is 0. The first kappa shape index (κ1) is 22.6. The summed E-state index contributed by atoms with van der Waals surface area (Å²) in [6.07, 6.45) is 0.509. The van der Waals surface area contributed by atoms with Crippen LogP contribution in [0.1, 0.15) is 72.4 Å². The van der Waals surface area contributed by atoms with E-state index in [2.05, 4.69) is 26.1 Å². The van der Waals surface area contributed by atoms with Gasteiger partial charge in [-0.2, -0.15) is 0 Å². The maximum Gasteiger partial charge on any atom is 0.408 e. The van der Waals surface area contributed by atoms with Gasteiger partial charge in [0.2, 0.25) is 0 Å². The third-order valence-corrected chi connectivity index (χ3v) is 7.36. The molecule has 1 amide bonds. The molecule has 6 heteroatoms. The van der Waals surface area contributed by atoms with E-state index in [1.807, 2.05) is 6.07 Å². The lowest BCUT2D eigenvalue weighted by molar-refractivity contribution is -0.168. The van der Waals surface area contributed by atoms with E-state index < -0.39 is 29.8 Å². The number of hydrogen-bond donors (Lipinski definition) is 2. The van der Waals surface area contributed by atoms with E-state index in [4.69, 9.17) is 9.47 Å². The van der Waals surface area contributed by atoms with E-state index in [1.165, 1.54) is 0 Å². The number of carbonyl (C=O) groups excluding carboxylic acids is 2. The molecular formula is C24H35NO5. The van der Waals surface area contributed by atoms with Gasteiger partial charge in [0.25, 0.3) is 0 Å². The van der Waals surface area contributed by atoms with E-state index in [1.54, 1.807) is 45.0 Å². The second-order valence-electron chi connectivity index (χ2n) is 10.5. The minimum atomic E-state index is -1.54. The molecule has 2 saturated carbocycles. The Morgan fingerprint density at radius 1 is 1.17 bits per heavy atom. The number of esters is 1. The van der Waals surface area contributed by atoms with Crippen molar-refractivity contribution in [1.82, 2.24) is 5.32 Å². The van der Waals surface area contributed by atoms with E-state index in [-0.39, 0.29) is 16.9 Å². The van der Waals surface area contributed by atoms with Crippen molar-refractivity contribution in [3.05, 3.63) is 35.9 Å². The van der Waals surface area contributed by atoms with Crippen LogP contribution in [0, 0.1) is 16.7 Å². The molecule has 3 rings (SSSR count). The SMILES string of the molecule is CC(C)(C)OC(=O)N[C@@H](c1ccccc1)[C@@H](O)C(=O)O[C@@H]1CC2CCC1(C)C2(C)C. The van der Waals surface area contributed by atoms with Gasteiger partial charge in [-0.05, 0) is 56.9 Å². The summed E-state index contributed by atoms with van der Waals surface area (Å²) in [6.45, 7) is 11.9. The van der Waals surface area contributed by atoms with Crippen LogP contribution in [0.4, 0.5) is 4.79 Å². The number of aliphatic hydroxyl groups excluding tert-OH is 1. The topological polar surface area (TPSA) is 84.9 Å². The van der Waals surface area contributed by atoms with E-state index in [0.29, 0.717) is 11.5 Å². The van der Waals surface area contributed by atoms with Gasteiger partial charge in [0.1, 0.15) is 11.7 Å². The molecule has 166 valence electrons. The second-order valence-corrected chi connectivity index (χ2v) is 10.5. The summed E-state index contributed by atoms with van der Waals surface area (Å²) in [5.41, 5.74) is -0.1000. The van der Waals surface area contributed by atoms with Crippen molar-refractivity contribution in [2.45, 2.75) is 84.7 Å². The molecule has 0 aliphatic heterocycles. The largest absolute Gasteiger partial charge is 0.460 e. The van der Waals surface area contributed by atoms with Crippen LogP contribution >= 0.6 is 0 Å². The number of aliphatic hydroxyl groups is 1. The van der Waals surface area contributed by atoms with E-state index >= 15 is 0 Å². The fourth-order valence-corrected chi connectivity index (χ4v) is 5.09. The molecule has 0 spiro atoms. The second kappa shape index (κ2) is 7.88. The van der Waals surface area contributed by atoms with Crippen molar-refractivity contribution in [3.63, 3.8) is 0 Å². The maximum absolute atomic E-state index is 12.9. The molecular weight excluding hydrogens is 382 g/mol. The number of ether oxygens (including phenoxy) is 2. The number of benzene rings is 1. The van der Waals surface area contributed by atoms with Gasteiger partial charge in [0, 0.05) is 5.41 Å². The van der Waals surface area contributed by atoms with Crippen molar-refractivity contribution in [3.8, 4) is 0 Å². The first-order valence-electron chi connectivity index (χ1n) is 10.8. The fourth-order valence-electron chi connectivity index (χ4n) is 5.09. The van der Waals surface area contributed by atoms with Crippen molar-refractivity contribution < 1.29 is 24.2 Å². The highest BCUT2D eigenvalue weighted by Gasteiger charge is 2.63. The molecule has 2 aliphatic rings. The molecule has 0 aromatic heterocycles. The van der Waals surface area contributed by atoms with Gasteiger partial charge < -0.3 is 19.9 Å².